The summed E-state index contributed by atoms with van der Waals surface area (Å²) in [5.74, 6) is 0.696. The van der Waals surface area contributed by atoms with Gasteiger partial charge in [-0.2, -0.15) is 0 Å². The van der Waals surface area contributed by atoms with Crippen molar-refractivity contribution >= 4 is 38.5 Å². The SMILES string of the molecule is CNC(c1ccc(CC(C)C)cc1)c1cc(Br)ccc1I. The summed E-state index contributed by atoms with van der Waals surface area (Å²) in [6.45, 7) is 4.52. The summed E-state index contributed by atoms with van der Waals surface area (Å²) >= 11 is 5.98. The van der Waals surface area contributed by atoms with Gasteiger partial charge in [0, 0.05) is 8.04 Å². The smallest absolute Gasteiger partial charge is 0.0585 e. The van der Waals surface area contributed by atoms with Crippen LogP contribution in [0.15, 0.2) is 46.9 Å². The van der Waals surface area contributed by atoms with E-state index in [0.717, 1.165) is 10.9 Å². The molecule has 0 amide bonds. The molecule has 0 aliphatic carbocycles. The van der Waals surface area contributed by atoms with Crippen LogP contribution in [0.5, 0.6) is 0 Å². The minimum Gasteiger partial charge on any atom is -0.309 e. The minimum atomic E-state index is 0.225. The maximum absolute atomic E-state index is 3.57. The van der Waals surface area contributed by atoms with Gasteiger partial charge in [0.25, 0.3) is 0 Å². The Balaban J connectivity index is 2.31. The van der Waals surface area contributed by atoms with E-state index >= 15 is 0 Å². The molecule has 0 fully saturated rings. The fraction of sp³-hybridized carbons (Fsp3) is 0.333. The van der Waals surface area contributed by atoms with Crippen LogP contribution < -0.4 is 5.32 Å². The summed E-state index contributed by atoms with van der Waals surface area (Å²) < 4.78 is 2.40. The highest BCUT2D eigenvalue weighted by Crippen LogP contribution is 2.29. The quantitative estimate of drug-likeness (QED) is 0.579. The third kappa shape index (κ3) is 4.54. The minimum absolute atomic E-state index is 0.225. The van der Waals surface area contributed by atoms with Gasteiger partial charge in [0.15, 0.2) is 0 Å². The Morgan fingerprint density at radius 3 is 2.33 bits per heavy atom. The molecule has 2 aromatic rings. The van der Waals surface area contributed by atoms with Crippen molar-refractivity contribution in [1.29, 1.82) is 0 Å². The van der Waals surface area contributed by atoms with E-state index in [1.54, 1.807) is 0 Å². The molecule has 0 spiro atoms. The van der Waals surface area contributed by atoms with Crippen LogP contribution in [0.1, 0.15) is 36.6 Å². The Hall–Kier alpha value is -0.390. The lowest BCUT2D eigenvalue weighted by atomic mass is 9.96. The van der Waals surface area contributed by atoms with E-state index in [1.807, 2.05) is 7.05 Å². The topological polar surface area (TPSA) is 12.0 Å². The molecule has 1 N–H and O–H groups in total. The fourth-order valence-corrected chi connectivity index (χ4v) is 3.58. The molecule has 0 radical (unpaired) electrons. The highest BCUT2D eigenvalue weighted by atomic mass is 127. The average Bonchev–Trinajstić information content (AvgIpc) is 2.44. The van der Waals surface area contributed by atoms with Crippen LogP contribution in [0, 0.1) is 9.49 Å². The van der Waals surface area contributed by atoms with Gasteiger partial charge >= 0.3 is 0 Å². The number of benzene rings is 2. The normalized spacial score (nSPS) is 12.7. The molecule has 0 heterocycles. The summed E-state index contributed by atoms with van der Waals surface area (Å²) in [5.41, 5.74) is 4.03. The van der Waals surface area contributed by atoms with Crippen molar-refractivity contribution in [1.82, 2.24) is 5.32 Å². The molecule has 1 unspecified atom stereocenters. The first-order valence-corrected chi connectivity index (χ1v) is 9.09. The molecule has 0 aromatic heterocycles. The molecule has 21 heavy (non-hydrogen) atoms. The van der Waals surface area contributed by atoms with E-state index in [0.29, 0.717) is 5.92 Å². The molecular weight excluding hydrogens is 437 g/mol. The molecule has 0 saturated heterocycles. The number of hydrogen-bond donors (Lipinski definition) is 1. The van der Waals surface area contributed by atoms with Crippen molar-refractivity contribution in [2.75, 3.05) is 7.05 Å². The summed E-state index contributed by atoms with van der Waals surface area (Å²) in [6, 6.07) is 15.7. The molecule has 2 rings (SSSR count). The maximum atomic E-state index is 3.57. The Bertz CT molecular complexity index is 593. The molecule has 0 saturated carbocycles. The zero-order valence-electron chi connectivity index (χ0n) is 12.7. The van der Waals surface area contributed by atoms with Gasteiger partial charge in [-0.1, -0.05) is 54.0 Å². The maximum Gasteiger partial charge on any atom is 0.0585 e. The number of nitrogens with one attached hydrogen (secondary N) is 1. The van der Waals surface area contributed by atoms with Crippen LogP contribution in [0.2, 0.25) is 0 Å². The van der Waals surface area contributed by atoms with Gasteiger partial charge in [0.1, 0.15) is 0 Å². The number of rotatable bonds is 5. The third-order valence-electron chi connectivity index (χ3n) is 3.51. The molecule has 1 nitrogen and oxygen atoms in total. The van der Waals surface area contributed by atoms with Gasteiger partial charge in [0.2, 0.25) is 0 Å². The van der Waals surface area contributed by atoms with E-state index in [-0.39, 0.29) is 6.04 Å². The Kier molecular flexibility index (Phi) is 6.26. The van der Waals surface area contributed by atoms with Crippen LogP contribution in [0.3, 0.4) is 0 Å². The summed E-state index contributed by atoms with van der Waals surface area (Å²) in [4.78, 5) is 0. The lowest BCUT2D eigenvalue weighted by Gasteiger charge is -2.19. The van der Waals surface area contributed by atoms with Crippen molar-refractivity contribution in [3.8, 4) is 0 Å². The molecule has 0 aliphatic rings. The zero-order chi connectivity index (χ0) is 15.4. The average molecular weight is 458 g/mol. The third-order valence-corrected chi connectivity index (χ3v) is 4.99. The van der Waals surface area contributed by atoms with E-state index in [2.05, 4.69) is 100 Å². The van der Waals surface area contributed by atoms with Gasteiger partial charge in [-0.25, -0.2) is 0 Å². The predicted molar refractivity (Wildman–Crippen MR) is 103 cm³/mol. The summed E-state index contributed by atoms with van der Waals surface area (Å²) in [5, 5.41) is 3.44. The largest absolute Gasteiger partial charge is 0.309 e. The fourth-order valence-electron chi connectivity index (χ4n) is 2.56. The first-order valence-electron chi connectivity index (χ1n) is 7.22. The summed E-state index contributed by atoms with van der Waals surface area (Å²) in [6.07, 6.45) is 1.14. The van der Waals surface area contributed by atoms with Gasteiger partial charge in [-0.3, -0.25) is 0 Å². The van der Waals surface area contributed by atoms with Crippen LogP contribution >= 0.6 is 38.5 Å². The lowest BCUT2D eigenvalue weighted by Crippen LogP contribution is -2.18. The van der Waals surface area contributed by atoms with E-state index in [1.165, 1.54) is 20.3 Å². The monoisotopic (exact) mass is 457 g/mol. The summed E-state index contributed by atoms with van der Waals surface area (Å²) in [7, 11) is 2.02. The van der Waals surface area contributed by atoms with Crippen LogP contribution in [-0.2, 0) is 6.42 Å². The highest BCUT2D eigenvalue weighted by Gasteiger charge is 2.15. The van der Waals surface area contributed by atoms with E-state index in [4.69, 9.17) is 0 Å². The second kappa shape index (κ2) is 7.75. The molecule has 112 valence electrons. The van der Waals surface area contributed by atoms with Gasteiger partial charge in [-0.05, 0) is 76.9 Å². The molecule has 0 aliphatic heterocycles. The first kappa shape index (κ1) is 17.0. The highest BCUT2D eigenvalue weighted by molar-refractivity contribution is 14.1. The Morgan fingerprint density at radius 1 is 1.10 bits per heavy atom. The predicted octanol–water partition coefficient (Wildman–Crippen LogP) is 5.56. The standard InChI is InChI=1S/C18H21BrIN/c1-12(2)10-13-4-6-14(7-5-13)18(21-3)16-11-15(19)8-9-17(16)20/h4-9,11-12,18,21H,10H2,1-3H3. The second-order valence-corrected chi connectivity index (χ2v) is 7.80. The van der Waals surface area contributed by atoms with Gasteiger partial charge in [0.05, 0.1) is 6.04 Å². The van der Waals surface area contributed by atoms with Crippen molar-refractivity contribution in [2.24, 2.45) is 5.92 Å². The van der Waals surface area contributed by atoms with E-state index < -0.39 is 0 Å². The molecule has 1 atom stereocenters. The molecule has 2 aromatic carbocycles. The number of halogens is 2. The first-order chi connectivity index (χ1) is 10.0. The van der Waals surface area contributed by atoms with Gasteiger partial charge in [-0.15, -0.1) is 0 Å². The lowest BCUT2D eigenvalue weighted by molar-refractivity contribution is 0.645. The van der Waals surface area contributed by atoms with Crippen molar-refractivity contribution in [3.63, 3.8) is 0 Å². The van der Waals surface area contributed by atoms with Crippen LogP contribution in [-0.4, -0.2) is 7.05 Å². The Morgan fingerprint density at radius 2 is 1.76 bits per heavy atom. The molecule has 0 bridgehead atoms. The molecular formula is C18H21BrIN. The van der Waals surface area contributed by atoms with Crippen molar-refractivity contribution in [2.45, 2.75) is 26.3 Å². The van der Waals surface area contributed by atoms with Crippen molar-refractivity contribution < 1.29 is 0 Å². The van der Waals surface area contributed by atoms with Crippen molar-refractivity contribution in [3.05, 3.63) is 67.2 Å². The van der Waals surface area contributed by atoms with Gasteiger partial charge < -0.3 is 5.32 Å². The van der Waals surface area contributed by atoms with Crippen LogP contribution in [0.4, 0.5) is 0 Å². The second-order valence-electron chi connectivity index (χ2n) is 5.73. The number of hydrogen-bond acceptors (Lipinski definition) is 1. The zero-order valence-corrected chi connectivity index (χ0v) is 16.4. The molecule has 3 heteroatoms. The van der Waals surface area contributed by atoms with E-state index in [9.17, 15) is 0 Å². The van der Waals surface area contributed by atoms with Crippen LogP contribution in [0.25, 0.3) is 0 Å². The Labute approximate surface area is 149 Å².